The first-order valence-electron chi connectivity index (χ1n) is 18.4. The minimum atomic E-state index is -10.1. The second-order valence-corrected chi connectivity index (χ2v) is 19.1. The van der Waals surface area contributed by atoms with Crippen molar-refractivity contribution in [3.05, 3.63) is 0 Å². The molecule has 2 atom stereocenters. The van der Waals surface area contributed by atoms with Gasteiger partial charge in [-0.3, -0.25) is 9.59 Å². The topological polar surface area (TPSA) is 196 Å². The minimum Gasteiger partial charge on any atom is -0.545 e. The summed E-state index contributed by atoms with van der Waals surface area (Å²) < 4.78 is 697. The van der Waals surface area contributed by atoms with Gasteiger partial charge < -0.3 is 19.8 Å². The van der Waals surface area contributed by atoms with E-state index in [0.717, 1.165) is 0 Å². The van der Waals surface area contributed by atoms with Crippen molar-refractivity contribution in [1.29, 1.82) is 0 Å². The molecule has 0 aromatic carbocycles. The van der Waals surface area contributed by atoms with E-state index in [-0.39, 0.29) is 59.1 Å². The first-order valence-corrected chi connectivity index (χ1v) is 21.3. The third-order valence-corrected chi connectivity index (χ3v) is 13.1. The molecule has 68 heteroatoms. The van der Waals surface area contributed by atoms with Gasteiger partial charge in [0.2, 0.25) is 0 Å². The number of halogens is 50. The average molecular weight is 1590 g/mol. The van der Waals surface area contributed by atoms with E-state index in [1.165, 1.54) is 0 Å². The summed E-state index contributed by atoms with van der Waals surface area (Å²) in [6, 6.07) is 0. The Balaban J connectivity index is -0.000000844. The van der Waals surface area contributed by atoms with Crippen molar-refractivity contribution in [2.24, 2.45) is 0 Å². The summed E-state index contributed by atoms with van der Waals surface area (Å²) in [7, 11) is -20.2. The Morgan fingerprint density at radius 3 is 0.511 bits per heavy atom. The average Bonchev–Trinajstić information content (AvgIpc) is 0.695. The van der Waals surface area contributed by atoms with Crippen molar-refractivity contribution in [2.45, 2.75) is 129 Å². The summed E-state index contributed by atoms with van der Waals surface area (Å²) in [5.41, 5.74) is 0. The molecule has 0 heterocycles. The number of carboxylic acid groups (broad SMARTS) is 2. The maximum Gasteiger partial charge on any atom is 1.00 e. The predicted octanol–water partition coefficient (Wildman–Crippen LogP) is 3.52. The smallest absolute Gasteiger partial charge is 0.545 e. The summed E-state index contributed by atoms with van der Waals surface area (Å²) >= 11 is 0. The Morgan fingerprint density at radius 1 is 0.245 bits per heavy atom. The third kappa shape index (κ3) is 12.4. The number of hydrogen-bond donors (Lipinski definition) is 0. The normalized spacial score (nSPS) is 16.8. The van der Waals surface area contributed by atoms with E-state index in [9.17, 15) is 266 Å². The van der Waals surface area contributed by atoms with Crippen LogP contribution in [0, 0.1) is 0 Å². The van der Waals surface area contributed by atoms with Gasteiger partial charge in [0, 0.05) is 19.7 Å². The molecule has 0 unspecified atom stereocenters. The number of nitrogens with zero attached hydrogens (tertiary/aromatic N) is 4. The molecule has 0 aliphatic carbocycles. The zero-order chi connectivity index (χ0) is 76.6. The van der Waals surface area contributed by atoms with Crippen LogP contribution in [0.15, 0.2) is 0 Å². The molecular weight excluding hydrogens is 1590 g/mol. The summed E-state index contributed by atoms with van der Waals surface area (Å²) in [5.74, 6) is -183. The van der Waals surface area contributed by atoms with Crippen LogP contribution in [0.1, 0.15) is 0 Å². The van der Waals surface area contributed by atoms with Gasteiger partial charge in [0.1, 0.15) is 11.9 Å². The molecule has 0 N–H and O–H groups in total. The van der Waals surface area contributed by atoms with Gasteiger partial charge >= 0.3 is 220 Å². The molecule has 0 rings (SSSR count). The first-order chi connectivity index (χ1) is 38.9. The van der Waals surface area contributed by atoms with E-state index in [0.29, 0.717) is 0 Å². The second-order valence-electron chi connectivity index (χ2n) is 15.6. The second kappa shape index (κ2) is 25.7. The van der Waals surface area contributed by atoms with Crippen LogP contribution in [-0.4, -0.2) is 190 Å². The fourth-order valence-corrected chi connectivity index (χ4v) is 7.02. The Morgan fingerprint density at radius 2 is 0.383 bits per heavy atom. The number of amides is 2. The van der Waals surface area contributed by atoms with E-state index < -0.39 is 193 Å². The number of hydrogen-bond acceptors (Lipinski definition) is 10. The van der Waals surface area contributed by atoms with Crippen LogP contribution in [0.3, 0.4) is 0 Å². The number of aliphatic carboxylic acids is 2. The number of rotatable bonds is 26. The van der Waals surface area contributed by atoms with Crippen LogP contribution >= 0.6 is 0 Å². The van der Waals surface area contributed by atoms with Crippen molar-refractivity contribution in [3.8, 4) is 0 Å². The van der Waals surface area contributed by atoms with Crippen LogP contribution < -0.4 is 69.3 Å². The molecule has 0 aliphatic rings. The van der Waals surface area contributed by atoms with Gasteiger partial charge in [0.15, 0.2) is 0 Å². The molecule has 0 aliphatic heterocycles. The Kier molecular flexibility index (Phi) is 26.4. The molecule has 0 radical (unpaired) electrons. The Labute approximate surface area is 516 Å². The molecule has 94 heavy (non-hydrogen) atoms. The van der Waals surface area contributed by atoms with Gasteiger partial charge in [-0.25, -0.2) is 25.6 Å². The van der Waals surface area contributed by atoms with Gasteiger partial charge in [-0.15, -0.1) is 8.96 Å². The fraction of sp³-hybridized carbons (Fsp3) is 0.846. The predicted molar refractivity (Wildman–Crippen MR) is 161 cm³/mol. The van der Waals surface area contributed by atoms with E-state index in [2.05, 4.69) is 0 Å². The van der Waals surface area contributed by atoms with Crippen LogP contribution in [0.5, 0.6) is 0 Å². The fourth-order valence-electron chi connectivity index (χ4n) is 4.67. The van der Waals surface area contributed by atoms with Crippen molar-refractivity contribution < 1.29 is 325 Å². The maximum atomic E-state index is 14.3. The summed E-state index contributed by atoms with van der Waals surface area (Å²) in [4.78, 5) is 41.9. The zero-order valence-electron chi connectivity index (χ0n) is 40.6. The number of carboxylic acids is 2. The van der Waals surface area contributed by atoms with Gasteiger partial charge in [0.05, 0.1) is 0 Å². The van der Waals surface area contributed by atoms with Crippen molar-refractivity contribution in [2.75, 3.05) is 0 Å². The number of carbonyl (C=O) groups is 4. The Bertz CT molecular complexity index is 2830. The standard InChI is InChI=1S/2C13HF25N2O5S.2Na/c2*14-3(15,1(41)39(36)37)5(17,18)4(16,2(42)43)40(38)46(44,45)13(34,35)11(29,30)9(25,26)7(21,22)6(19,20)8(23,24)10(27,28)12(31,32)33;;/h2*(H,42,43);;/q;;2*+1/p-2/t2*4-;;/m11../s1. The van der Waals surface area contributed by atoms with E-state index >= 15 is 0 Å². The van der Waals surface area contributed by atoms with E-state index in [4.69, 9.17) is 0 Å². The first kappa shape index (κ1) is 96.6. The summed E-state index contributed by atoms with van der Waals surface area (Å²) in [6.07, 6.45) is -16.5. The Hall–Kier alpha value is -3.80. The molecule has 0 fully saturated rings. The monoisotopic (exact) mass is 1590 g/mol. The van der Waals surface area contributed by atoms with Crippen molar-refractivity contribution in [3.63, 3.8) is 0 Å². The molecule has 0 saturated carbocycles. The molecule has 548 valence electrons. The molecule has 0 saturated heterocycles. The van der Waals surface area contributed by atoms with Crippen molar-refractivity contribution in [1.82, 2.24) is 19.7 Å². The maximum absolute atomic E-state index is 14.3. The largest absolute Gasteiger partial charge is 1.00 e. The SMILES string of the molecule is O=C(N(F)F)C(F)(F)C(F)(F)[C@@](F)(C(=O)[O-])N(F)S(=O)(=O)C(F)(F)C(F)(F)C(F)(F)C(F)(F)C(F)(F)C(F)(F)C(F)(F)C(F)(F)F.O=C(N(F)F)C(F)(F)C(F)(F)[C@@](F)(C(=O)[O-])N(F)S(=O)(=O)C(F)(F)C(F)(F)C(F)(F)C(F)(F)C(F)(F)C(F)(F)C(F)(F)C(F)(F)F.[Na+].[Na+]. The molecule has 0 bridgehead atoms. The van der Waals surface area contributed by atoms with Crippen molar-refractivity contribution >= 4 is 43.8 Å². The molecule has 0 spiro atoms. The van der Waals surface area contributed by atoms with E-state index in [1.54, 1.807) is 0 Å². The van der Waals surface area contributed by atoms with E-state index in [1.807, 2.05) is 0 Å². The molecule has 0 aromatic heterocycles. The number of carbonyl (C=O) groups excluding carboxylic acids is 4. The van der Waals surface area contributed by atoms with Gasteiger partial charge in [-0.1, -0.05) is 17.9 Å². The van der Waals surface area contributed by atoms with Crippen LogP contribution in [0.2, 0.25) is 0 Å². The van der Waals surface area contributed by atoms with Crippen LogP contribution in [0.25, 0.3) is 0 Å². The van der Waals surface area contributed by atoms with Crippen LogP contribution in [-0.2, 0) is 39.2 Å². The molecular formula is C26F50N4Na2O10S2. The molecule has 0 aromatic rings. The quantitative estimate of drug-likeness (QED) is 0.0536. The van der Waals surface area contributed by atoms with Gasteiger partial charge in [-0.05, 0) is 0 Å². The summed E-state index contributed by atoms with van der Waals surface area (Å²) in [5, 5.41) is -5.25. The summed E-state index contributed by atoms with van der Waals surface area (Å²) in [6.45, 7) is 0. The third-order valence-electron chi connectivity index (χ3n) is 9.95. The molecule has 14 nitrogen and oxygen atoms in total. The number of alkyl halides is 44. The van der Waals surface area contributed by atoms with Crippen LogP contribution in [0.4, 0.5) is 220 Å². The zero-order valence-corrected chi connectivity index (χ0v) is 46.2. The van der Waals surface area contributed by atoms with Gasteiger partial charge in [0.25, 0.3) is 0 Å². The minimum absolute atomic E-state index is 0. The number of sulfonamides is 2. The van der Waals surface area contributed by atoms with Gasteiger partial charge in [-0.2, -0.15) is 184 Å². The molecule has 2 amide bonds.